The zero-order chi connectivity index (χ0) is 13.8. The standard InChI is InChI=1S/C13H15F2N3O/c1-3-6-19-9(2)13-16-8-17-18(13)12-5-4-10(14)7-11(12)15/h4-5,7-9H,3,6H2,1-2H3/t9-/m1/s1. The molecule has 2 rings (SSSR count). The lowest BCUT2D eigenvalue weighted by Gasteiger charge is -2.13. The Morgan fingerprint density at radius 1 is 1.37 bits per heavy atom. The van der Waals surface area contributed by atoms with Crippen LogP contribution in [0.5, 0.6) is 0 Å². The van der Waals surface area contributed by atoms with Crippen LogP contribution in [0, 0.1) is 11.6 Å². The van der Waals surface area contributed by atoms with Gasteiger partial charge in [-0.05, 0) is 25.5 Å². The predicted octanol–water partition coefficient (Wildman–Crippen LogP) is 3.03. The molecule has 6 heteroatoms. The molecule has 0 unspecified atom stereocenters. The molecular weight excluding hydrogens is 252 g/mol. The van der Waals surface area contributed by atoms with Crippen LogP contribution in [0.25, 0.3) is 5.69 Å². The Morgan fingerprint density at radius 3 is 2.84 bits per heavy atom. The van der Waals surface area contributed by atoms with Crippen LogP contribution in [-0.2, 0) is 4.74 Å². The van der Waals surface area contributed by atoms with E-state index >= 15 is 0 Å². The monoisotopic (exact) mass is 267 g/mol. The summed E-state index contributed by atoms with van der Waals surface area (Å²) in [6.07, 6.45) is 1.89. The van der Waals surface area contributed by atoms with E-state index in [-0.39, 0.29) is 11.8 Å². The number of halogens is 2. The third-order valence-corrected chi connectivity index (χ3v) is 2.65. The highest BCUT2D eigenvalue weighted by atomic mass is 19.1. The highest BCUT2D eigenvalue weighted by Gasteiger charge is 2.17. The smallest absolute Gasteiger partial charge is 0.161 e. The number of nitrogens with zero attached hydrogens (tertiary/aromatic N) is 3. The Morgan fingerprint density at radius 2 is 2.16 bits per heavy atom. The van der Waals surface area contributed by atoms with Gasteiger partial charge >= 0.3 is 0 Å². The lowest BCUT2D eigenvalue weighted by Crippen LogP contribution is -2.11. The van der Waals surface area contributed by atoms with Crippen molar-refractivity contribution in [3.05, 3.63) is 42.0 Å². The first-order valence-electron chi connectivity index (χ1n) is 6.10. The molecule has 1 heterocycles. The Bertz CT molecular complexity index is 557. The van der Waals surface area contributed by atoms with Gasteiger partial charge in [-0.25, -0.2) is 18.4 Å². The first-order valence-corrected chi connectivity index (χ1v) is 6.10. The van der Waals surface area contributed by atoms with Crippen LogP contribution in [-0.4, -0.2) is 21.4 Å². The average molecular weight is 267 g/mol. The van der Waals surface area contributed by atoms with Crippen molar-refractivity contribution in [2.75, 3.05) is 6.61 Å². The summed E-state index contributed by atoms with van der Waals surface area (Å²) in [6, 6.07) is 3.33. The Kier molecular flexibility index (Phi) is 4.21. The Labute approximate surface area is 110 Å². The van der Waals surface area contributed by atoms with E-state index in [4.69, 9.17) is 4.74 Å². The first kappa shape index (κ1) is 13.6. The van der Waals surface area contributed by atoms with Gasteiger partial charge in [-0.15, -0.1) is 0 Å². The van der Waals surface area contributed by atoms with Crippen molar-refractivity contribution < 1.29 is 13.5 Å². The molecule has 0 aliphatic rings. The molecule has 0 fully saturated rings. The maximum atomic E-state index is 13.7. The fourth-order valence-electron chi connectivity index (χ4n) is 1.74. The van der Waals surface area contributed by atoms with Gasteiger partial charge in [0.2, 0.25) is 0 Å². The van der Waals surface area contributed by atoms with Crippen LogP contribution in [0.15, 0.2) is 24.5 Å². The molecule has 19 heavy (non-hydrogen) atoms. The number of hydrogen-bond donors (Lipinski definition) is 0. The van der Waals surface area contributed by atoms with Crippen LogP contribution in [0.4, 0.5) is 8.78 Å². The van der Waals surface area contributed by atoms with Crippen molar-refractivity contribution in [2.45, 2.75) is 26.4 Å². The molecule has 0 bridgehead atoms. The molecule has 0 aliphatic heterocycles. The summed E-state index contributed by atoms with van der Waals surface area (Å²) < 4.78 is 33.5. The number of hydrogen-bond acceptors (Lipinski definition) is 3. The molecule has 4 nitrogen and oxygen atoms in total. The van der Waals surface area contributed by atoms with Crippen LogP contribution >= 0.6 is 0 Å². The molecule has 0 spiro atoms. The largest absolute Gasteiger partial charge is 0.371 e. The highest BCUT2D eigenvalue weighted by Crippen LogP contribution is 2.20. The molecule has 102 valence electrons. The average Bonchev–Trinajstić information content (AvgIpc) is 2.85. The number of benzene rings is 1. The minimum Gasteiger partial charge on any atom is -0.371 e. The van der Waals surface area contributed by atoms with E-state index in [0.717, 1.165) is 12.5 Å². The van der Waals surface area contributed by atoms with Crippen molar-refractivity contribution in [1.82, 2.24) is 14.8 Å². The van der Waals surface area contributed by atoms with Crippen LogP contribution in [0.3, 0.4) is 0 Å². The Hall–Kier alpha value is -1.82. The molecule has 2 aromatic rings. The normalized spacial score (nSPS) is 12.6. The Balaban J connectivity index is 2.33. The minimum absolute atomic E-state index is 0.154. The second-order valence-electron chi connectivity index (χ2n) is 4.14. The van der Waals surface area contributed by atoms with Gasteiger partial charge in [0.15, 0.2) is 11.6 Å². The van der Waals surface area contributed by atoms with Crippen molar-refractivity contribution in [2.24, 2.45) is 0 Å². The number of ether oxygens (including phenoxy) is 1. The van der Waals surface area contributed by atoms with Gasteiger partial charge in [-0.2, -0.15) is 5.10 Å². The maximum Gasteiger partial charge on any atom is 0.161 e. The highest BCUT2D eigenvalue weighted by molar-refractivity contribution is 5.33. The van der Waals surface area contributed by atoms with Gasteiger partial charge in [-0.1, -0.05) is 6.92 Å². The third-order valence-electron chi connectivity index (χ3n) is 2.65. The van der Waals surface area contributed by atoms with Crippen LogP contribution < -0.4 is 0 Å². The summed E-state index contributed by atoms with van der Waals surface area (Å²) >= 11 is 0. The molecule has 1 atom stereocenters. The van der Waals surface area contributed by atoms with Gasteiger partial charge in [0.05, 0.1) is 0 Å². The van der Waals surface area contributed by atoms with Gasteiger partial charge < -0.3 is 4.74 Å². The van der Waals surface area contributed by atoms with Crippen molar-refractivity contribution in [3.63, 3.8) is 0 Å². The van der Waals surface area contributed by atoms with E-state index in [1.165, 1.54) is 23.1 Å². The molecule has 0 radical (unpaired) electrons. The summed E-state index contributed by atoms with van der Waals surface area (Å²) in [6.45, 7) is 4.40. The van der Waals surface area contributed by atoms with E-state index < -0.39 is 11.6 Å². The molecule has 1 aromatic heterocycles. The predicted molar refractivity (Wildman–Crippen MR) is 65.9 cm³/mol. The second kappa shape index (κ2) is 5.88. The van der Waals surface area contributed by atoms with E-state index in [2.05, 4.69) is 10.1 Å². The SMILES string of the molecule is CCCO[C@H](C)c1ncnn1-c1ccc(F)cc1F. The summed E-state index contributed by atoms with van der Waals surface area (Å²) in [5.74, 6) is -0.827. The van der Waals surface area contributed by atoms with Gasteiger partial charge in [0, 0.05) is 12.7 Å². The van der Waals surface area contributed by atoms with E-state index in [1.54, 1.807) is 0 Å². The molecule has 0 saturated carbocycles. The maximum absolute atomic E-state index is 13.7. The summed E-state index contributed by atoms with van der Waals surface area (Å²) in [7, 11) is 0. The third kappa shape index (κ3) is 2.96. The minimum atomic E-state index is -0.686. The number of rotatable bonds is 5. The molecule has 0 saturated heterocycles. The van der Waals surface area contributed by atoms with Crippen molar-refractivity contribution >= 4 is 0 Å². The summed E-state index contributed by atoms with van der Waals surface area (Å²) in [4.78, 5) is 4.08. The van der Waals surface area contributed by atoms with Gasteiger partial charge in [0.25, 0.3) is 0 Å². The van der Waals surface area contributed by atoms with E-state index in [9.17, 15) is 8.78 Å². The zero-order valence-corrected chi connectivity index (χ0v) is 10.8. The van der Waals surface area contributed by atoms with E-state index in [0.29, 0.717) is 12.4 Å². The lowest BCUT2D eigenvalue weighted by atomic mass is 10.3. The van der Waals surface area contributed by atoms with Gasteiger partial charge in [-0.3, -0.25) is 0 Å². The van der Waals surface area contributed by atoms with Crippen molar-refractivity contribution in [1.29, 1.82) is 0 Å². The molecule has 1 aromatic carbocycles. The molecular formula is C13H15F2N3O. The summed E-state index contributed by atoms with van der Waals surface area (Å²) in [5, 5.41) is 3.97. The quantitative estimate of drug-likeness (QED) is 0.836. The van der Waals surface area contributed by atoms with Crippen LogP contribution in [0.1, 0.15) is 32.2 Å². The fraction of sp³-hybridized carbons (Fsp3) is 0.385. The lowest BCUT2D eigenvalue weighted by molar-refractivity contribution is 0.0587. The number of aromatic nitrogens is 3. The van der Waals surface area contributed by atoms with E-state index in [1.807, 2.05) is 13.8 Å². The van der Waals surface area contributed by atoms with Gasteiger partial charge in [0.1, 0.15) is 23.9 Å². The second-order valence-corrected chi connectivity index (χ2v) is 4.14. The molecule has 0 amide bonds. The zero-order valence-electron chi connectivity index (χ0n) is 10.8. The first-order chi connectivity index (χ1) is 9.13. The topological polar surface area (TPSA) is 39.9 Å². The fourth-order valence-corrected chi connectivity index (χ4v) is 1.74. The molecule has 0 aliphatic carbocycles. The van der Waals surface area contributed by atoms with Crippen molar-refractivity contribution in [3.8, 4) is 5.69 Å². The van der Waals surface area contributed by atoms with Crippen LogP contribution in [0.2, 0.25) is 0 Å². The molecule has 0 N–H and O–H groups in total. The summed E-state index contributed by atoms with van der Waals surface area (Å²) in [5.41, 5.74) is 0.154.